The number of thiocarbonyl (C=S) groups is 1. The fourth-order valence-corrected chi connectivity index (χ4v) is 4.30. The minimum atomic E-state index is -0.122. The van der Waals surface area contributed by atoms with Gasteiger partial charge in [0, 0.05) is 48.3 Å². The van der Waals surface area contributed by atoms with Crippen molar-refractivity contribution in [3.05, 3.63) is 64.4 Å². The summed E-state index contributed by atoms with van der Waals surface area (Å²) in [5, 5.41) is 4.80. The van der Waals surface area contributed by atoms with Crippen molar-refractivity contribution < 1.29 is 14.2 Å². The number of aromatic amines is 1. The van der Waals surface area contributed by atoms with Gasteiger partial charge >= 0.3 is 0 Å². The van der Waals surface area contributed by atoms with E-state index in [2.05, 4.69) is 15.2 Å². The average molecular weight is 497 g/mol. The summed E-state index contributed by atoms with van der Waals surface area (Å²) in [5.74, 6) is 1.55. The smallest absolute Gasteiger partial charge is 0.253 e. The molecule has 0 radical (unpaired) electrons. The number of ether oxygens (including phenoxy) is 3. The van der Waals surface area contributed by atoms with Gasteiger partial charge in [-0.15, -0.1) is 0 Å². The quantitative estimate of drug-likeness (QED) is 0.436. The first-order valence-electron chi connectivity index (χ1n) is 11.8. The maximum absolute atomic E-state index is 12.9. The van der Waals surface area contributed by atoms with E-state index in [-0.39, 0.29) is 5.56 Å². The molecule has 0 bridgehead atoms. The van der Waals surface area contributed by atoms with Gasteiger partial charge in [0.1, 0.15) is 11.5 Å². The van der Waals surface area contributed by atoms with Crippen molar-refractivity contribution in [3.8, 4) is 11.5 Å². The van der Waals surface area contributed by atoms with Crippen LogP contribution in [0.1, 0.15) is 12.5 Å². The van der Waals surface area contributed by atoms with Crippen LogP contribution in [0, 0.1) is 0 Å². The lowest BCUT2D eigenvalue weighted by Gasteiger charge is -2.31. The minimum Gasteiger partial charge on any atom is -0.497 e. The second-order valence-corrected chi connectivity index (χ2v) is 8.73. The summed E-state index contributed by atoms with van der Waals surface area (Å²) in [6, 6.07) is 15.2. The Hall–Kier alpha value is -3.14. The highest BCUT2D eigenvalue weighted by atomic mass is 32.1. The summed E-state index contributed by atoms with van der Waals surface area (Å²) in [6.45, 7) is 7.72. The SMILES string of the molecule is CCOc1ccc(NC(=S)N(CCN2CCOCC2)Cc2cc3cc(OC)ccc3[nH]c2=O)cc1. The normalized spacial score (nSPS) is 14.0. The maximum Gasteiger partial charge on any atom is 0.253 e. The number of methoxy groups -OCH3 is 1. The number of H-pyrrole nitrogens is 1. The van der Waals surface area contributed by atoms with Crippen LogP contribution in [-0.4, -0.2) is 73.0 Å². The van der Waals surface area contributed by atoms with Crippen LogP contribution in [0.5, 0.6) is 11.5 Å². The summed E-state index contributed by atoms with van der Waals surface area (Å²) >= 11 is 5.79. The Balaban J connectivity index is 1.54. The van der Waals surface area contributed by atoms with Gasteiger partial charge in [0.05, 0.1) is 33.5 Å². The predicted molar refractivity (Wildman–Crippen MR) is 143 cm³/mol. The van der Waals surface area contributed by atoms with Gasteiger partial charge in [-0.05, 0) is 67.7 Å². The Labute approximate surface area is 210 Å². The molecule has 1 aliphatic rings. The highest BCUT2D eigenvalue weighted by molar-refractivity contribution is 7.80. The molecule has 2 aromatic carbocycles. The van der Waals surface area contributed by atoms with E-state index in [1.807, 2.05) is 60.4 Å². The fraction of sp³-hybridized carbons (Fsp3) is 0.385. The topological polar surface area (TPSA) is 79.1 Å². The molecule has 186 valence electrons. The summed E-state index contributed by atoms with van der Waals surface area (Å²) in [7, 11) is 1.63. The van der Waals surface area contributed by atoms with Crippen molar-refractivity contribution in [2.45, 2.75) is 13.5 Å². The van der Waals surface area contributed by atoms with Crippen LogP contribution in [0.2, 0.25) is 0 Å². The van der Waals surface area contributed by atoms with Gasteiger partial charge in [-0.3, -0.25) is 9.69 Å². The summed E-state index contributed by atoms with van der Waals surface area (Å²) in [5.41, 5.74) is 2.16. The van der Waals surface area contributed by atoms with Crippen molar-refractivity contribution in [3.63, 3.8) is 0 Å². The largest absolute Gasteiger partial charge is 0.497 e. The van der Waals surface area contributed by atoms with Crippen LogP contribution in [-0.2, 0) is 11.3 Å². The monoisotopic (exact) mass is 496 g/mol. The molecule has 0 unspecified atom stereocenters. The van der Waals surface area contributed by atoms with Crippen molar-refractivity contribution in [1.29, 1.82) is 0 Å². The molecule has 3 aromatic rings. The molecule has 1 fully saturated rings. The molecule has 0 saturated carbocycles. The molecule has 0 amide bonds. The molecule has 8 nitrogen and oxygen atoms in total. The van der Waals surface area contributed by atoms with E-state index in [0.717, 1.165) is 60.9 Å². The van der Waals surface area contributed by atoms with Gasteiger partial charge in [-0.1, -0.05) is 0 Å². The zero-order chi connectivity index (χ0) is 24.6. The molecular formula is C26H32N4O4S. The van der Waals surface area contributed by atoms with Gasteiger partial charge in [0.2, 0.25) is 0 Å². The average Bonchev–Trinajstić information content (AvgIpc) is 2.88. The van der Waals surface area contributed by atoms with Gasteiger partial charge in [0.15, 0.2) is 5.11 Å². The first kappa shape index (κ1) is 25.0. The van der Waals surface area contributed by atoms with Crippen molar-refractivity contribution in [2.75, 3.05) is 58.4 Å². The van der Waals surface area contributed by atoms with E-state index in [0.29, 0.717) is 30.4 Å². The molecule has 1 aromatic heterocycles. The van der Waals surface area contributed by atoms with Crippen LogP contribution in [0.25, 0.3) is 10.9 Å². The number of nitrogens with one attached hydrogen (secondary N) is 2. The maximum atomic E-state index is 12.9. The van der Waals surface area contributed by atoms with Gasteiger partial charge in [-0.25, -0.2) is 0 Å². The van der Waals surface area contributed by atoms with E-state index < -0.39 is 0 Å². The fourth-order valence-electron chi connectivity index (χ4n) is 4.02. The lowest BCUT2D eigenvalue weighted by molar-refractivity contribution is 0.0358. The first-order chi connectivity index (χ1) is 17.1. The predicted octanol–water partition coefficient (Wildman–Crippen LogP) is 3.47. The Morgan fingerprint density at radius 3 is 2.60 bits per heavy atom. The number of morpholine rings is 1. The van der Waals surface area contributed by atoms with Gasteiger partial charge in [0.25, 0.3) is 5.56 Å². The van der Waals surface area contributed by atoms with E-state index in [9.17, 15) is 4.79 Å². The third-order valence-electron chi connectivity index (χ3n) is 5.98. The molecule has 1 aliphatic heterocycles. The van der Waals surface area contributed by atoms with Crippen molar-refractivity contribution >= 4 is 33.9 Å². The van der Waals surface area contributed by atoms with Crippen LogP contribution in [0.15, 0.2) is 53.3 Å². The Kier molecular flexibility index (Phi) is 8.57. The number of fused-ring (bicyclic) bond motifs is 1. The molecule has 2 heterocycles. The number of hydrogen-bond acceptors (Lipinski definition) is 6. The lowest BCUT2D eigenvalue weighted by Crippen LogP contribution is -2.44. The third kappa shape index (κ3) is 6.72. The minimum absolute atomic E-state index is 0.122. The van der Waals surface area contributed by atoms with Crippen molar-refractivity contribution in [1.82, 2.24) is 14.8 Å². The first-order valence-corrected chi connectivity index (χ1v) is 12.3. The molecular weight excluding hydrogens is 464 g/mol. The second kappa shape index (κ2) is 12.0. The van der Waals surface area contributed by atoms with Gasteiger partial charge < -0.3 is 29.4 Å². The zero-order valence-electron chi connectivity index (χ0n) is 20.2. The molecule has 0 atom stereocenters. The number of anilines is 1. The van der Waals surface area contributed by atoms with E-state index in [1.165, 1.54) is 0 Å². The number of rotatable bonds is 9. The summed E-state index contributed by atoms with van der Waals surface area (Å²) in [6.07, 6.45) is 0. The zero-order valence-corrected chi connectivity index (χ0v) is 21.0. The van der Waals surface area contributed by atoms with E-state index >= 15 is 0 Å². The molecule has 1 saturated heterocycles. The second-order valence-electron chi connectivity index (χ2n) is 8.34. The Morgan fingerprint density at radius 2 is 1.89 bits per heavy atom. The molecule has 0 aliphatic carbocycles. The number of aromatic nitrogens is 1. The molecule has 0 spiro atoms. The highest BCUT2D eigenvalue weighted by Gasteiger charge is 2.17. The van der Waals surface area contributed by atoms with Crippen LogP contribution < -0.4 is 20.3 Å². The van der Waals surface area contributed by atoms with Crippen LogP contribution >= 0.6 is 12.2 Å². The lowest BCUT2D eigenvalue weighted by atomic mass is 10.1. The van der Waals surface area contributed by atoms with E-state index in [4.69, 9.17) is 26.4 Å². The Bertz CT molecular complexity index is 1190. The summed E-state index contributed by atoms with van der Waals surface area (Å²) in [4.78, 5) is 20.3. The molecule has 4 rings (SSSR count). The number of nitrogens with zero attached hydrogens (tertiary/aromatic N) is 2. The van der Waals surface area contributed by atoms with E-state index in [1.54, 1.807) is 7.11 Å². The Morgan fingerprint density at radius 1 is 1.14 bits per heavy atom. The van der Waals surface area contributed by atoms with Crippen molar-refractivity contribution in [2.24, 2.45) is 0 Å². The van der Waals surface area contributed by atoms with Crippen LogP contribution in [0.3, 0.4) is 0 Å². The standard InChI is InChI=1S/C26H32N4O4S/c1-3-34-22-6-4-21(5-7-22)27-26(35)30(11-10-29-12-14-33-15-13-29)18-20-16-19-17-23(32-2)8-9-24(19)28-25(20)31/h4-9,16-17H,3,10-15,18H2,1-2H3,(H,27,35)(H,28,31). The summed E-state index contributed by atoms with van der Waals surface area (Å²) < 4.78 is 16.4. The van der Waals surface area contributed by atoms with Crippen LogP contribution in [0.4, 0.5) is 5.69 Å². The number of benzene rings is 2. The molecule has 9 heteroatoms. The third-order valence-corrected chi connectivity index (χ3v) is 6.34. The number of hydrogen-bond donors (Lipinski definition) is 2. The molecule has 35 heavy (non-hydrogen) atoms. The van der Waals surface area contributed by atoms with Gasteiger partial charge in [-0.2, -0.15) is 0 Å². The highest BCUT2D eigenvalue weighted by Crippen LogP contribution is 2.20. The molecule has 2 N–H and O–H groups in total. The number of pyridine rings is 1.